The second-order valence-corrected chi connectivity index (χ2v) is 4.74. The number of hydrogen-bond acceptors (Lipinski definition) is 1. The summed E-state index contributed by atoms with van der Waals surface area (Å²) in [7, 11) is 0. The van der Waals surface area contributed by atoms with Crippen LogP contribution in [-0.4, -0.2) is 6.41 Å². The van der Waals surface area contributed by atoms with E-state index >= 15 is 0 Å². The molecule has 0 radical (unpaired) electrons. The number of rotatable bonds is 4. The highest BCUT2D eigenvalue weighted by atomic mass is 16.1. The van der Waals surface area contributed by atoms with Crippen LogP contribution in [0.25, 0.3) is 0 Å². The van der Waals surface area contributed by atoms with Gasteiger partial charge in [0, 0.05) is 5.69 Å². The van der Waals surface area contributed by atoms with E-state index in [4.69, 9.17) is 0 Å². The number of anilines is 1. The van der Waals surface area contributed by atoms with Crippen LogP contribution in [0.4, 0.5) is 5.69 Å². The molecule has 0 saturated heterocycles. The summed E-state index contributed by atoms with van der Waals surface area (Å²) in [6.07, 6.45) is 1.93. The summed E-state index contributed by atoms with van der Waals surface area (Å²) in [5.41, 5.74) is 3.64. The highest BCUT2D eigenvalue weighted by molar-refractivity contribution is 5.71. The Morgan fingerprint density at radius 3 is 2.11 bits per heavy atom. The predicted octanol–water partition coefficient (Wildman–Crippen LogP) is 3.53. The summed E-state index contributed by atoms with van der Waals surface area (Å²) in [6, 6.07) is 18.8. The Labute approximate surface area is 107 Å². The third-order valence-electron chi connectivity index (χ3n) is 3.58. The zero-order chi connectivity index (χ0) is 12.4. The fraction of sp³-hybridized carbons (Fsp3) is 0.188. The number of benzene rings is 2. The van der Waals surface area contributed by atoms with Crippen molar-refractivity contribution in [2.24, 2.45) is 0 Å². The Hall–Kier alpha value is -2.09. The second kappa shape index (κ2) is 4.65. The zero-order valence-corrected chi connectivity index (χ0v) is 10.0. The lowest BCUT2D eigenvalue weighted by atomic mass is 10.0. The van der Waals surface area contributed by atoms with Gasteiger partial charge in [0.25, 0.3) is 0 Å². The molecule has 18 heavy (non-hydrogen) atoms. The van der Waals surface area contributed by atoms with Crippen molar-refractivity contribution in [3.05, 3.63) is 65.7 Å². The van der Waals surface area contributed by atoms with E-state index in [1.807, 2.05) is 12.1 Å². The molecule has 0 aliphatic heterocycles. The molecule has 1 amide bonds. The zero-order valence-electron chi connectivity index (χ0n) is 10.0. The fourth-order valence-corrected chi connectivity index (χ4v) is 2.53. The Kier molecular flexibility index (Phi) is 2.85. The summed E-state index contributed by atoms with van der Waals surface area (Å²) in [4.78, 5) is 10.3. The van der Waals surface area contributed by atoms with Crippen molar-refractivity contribution in [1.29, 1.82) is 0 Å². The molecule has 0 spiro atoms. The minimum atomic E-state index is 0.637. The van der Waals surface area contributed by atoms with E-state index < -0.39 is 0 Å². The molecule has 2 aromatic rings. The van der Waals surface area contributed by atoms with Crippen LogP contribution in [0.15, 0.2) is 54.6 Å². The average Bonchev–Trinajstić information content (AvgIpc) is 3.21. The van der Waals surface area contributed by atoms with Gasteiger partial charge in [-0.15, -0.1) is 0 Å². The highest BCUT2D eigenvalue weighted by Gasteiger charge is 2.39. The molecule has 2 atom stereocenters. The molecule has 1 saturated carbocycles. The Balaban J connectivity index is 1.72. The van der Waals surface area contributed by atoms with Gasteiger partial charge in [-0.05, 0) is 41.5 Å². The Morgan fingerprint density at radius 2 is 1.50 bits per heavy atom. The van der Waals surface area contributed by atoms with Gasteiger partial charge in [-0.3, -0.25) is 4.79 Å². The van der Waals surface area contributed by atoms with Crippen LogP contribution in [-0.2, 0) is 4.79 Å². The summed E-state index contributed by atoms with van der Waals surface area (Å²) in [5, 5.41) is 2.66. The monoisotopic (exact) mass is 237 g/mol. The summed E-state index contributed by atoms with van der Waals surface area (Å²) >= 11 is 0. The highest BCUT2D eigenvalue weighted by Crippen LogP contribution is 2.54. The number of nitrogens with one attached hydrogen (secondary N) is 1. The van der Waals surface area contributed by atoms with Crippen molar-refractivity contribution >= 4 is 12.1 Å². The first-order valence-electron chi connectivity index (χ1n) is 6.23. The lowest BCUT2D eigenvalue weighted by Crippen LogP contribution is -1.93. The number of hydrogen-bond donors (Lipinski definition) is 1. The summed E-state index contributed by atoms with van der Waals surface area (Å²) in [5.74, 6) is 1.30. The van der Waals surface area contributed by atoms with Gasteiger partial charge >= 0.3 is 0 Å². The quantitative estimate of drug-likeness (QED) is 0.810. The molecule has 90 valence electrons. The molecule has 1 aliphatic carbocycles. The Bertz CT molecular complexity index is 533. The number of carbonyl (C=O) groups excluding carboxylic acids is 1. The first-order valence-corrected chi connectivity index (χ1v) is 6.23. The van der Waals surface area contributed by atoms with Gasteiger partial charge in [0.15, 0.2) is 0 Å². The number of amides is 1. The molecule has 2 heteroatoms. The van der Waals surface area contributed by atoms with Gasteiger partial charge in [-0.2, -0.15) is 0 Å². The normalized spacial score (nSPS) is 21.3. The maximum absolute atomic E-state index is 10.3. The first-order chi connectivity index (χ1) is 8.88. The Morgan fingerprint density at radius 1 is 0.889 bits per heavy atom. The van der Waals surface area contributed by atoms with Crippen molar-refractivity contribution in [2.75, 3.05) is 5.32 Å². The molecule has 1 aliphatic rings. The largest absolute Gasteiger partial charge is 0.329 e. The average molecular weight is 237 g/mol. The molecule has 1 N–H and O–H groups in total. The third-order valence-corrected chi connectivity index (χ3v) is 3.58. The van der Waals surface area contributed by atoms with Crippen LogP contribution in [0.1, 0.15) is 29.4 Å². The third kappa shape index (κ3) is 2.14. The SMILES string of the molecule is O=CNc1ccc(C2CC2c2ccccc2)cc1. The molecule has 2 aromatic carbocycles. The van der Waals surface area contributed by atoms with Gasteiger partial charge in [0.05, 0.1) is 0 Å². The lowest BCUT2D eigenvalue weighted by molar-refractivity contribution is -0.105. The van der Waals surface area contributed by atoms with Crippen molar-refractivity contribution in [3.63, 3.8) is 0 Å². The van der Waals surface area contributed by atoms with Crippen LogP contribution in [0.5, 0.6) is 0 Å². The molecule has 1 fully saturated rings. The van der Waals surface area contributed by atoms with E-state index in [2.05, 4.69) is 47.8 Å². The maximum atomic E-state index is 10.3. The van der Waals surface area contributed by atoms with Crippen molar-refractivity contribution in [2.45, 2.75) is 18.3 Å². The first kappa shape index (κ1) is 11.0. The predicted molar refractivity (Wildman–Crippen MR) is 72.7 cm³/mol. The second-order valence-electron chi connectivity index (χ2n) is 4.74. The smallest absolute Gasteiger partial charge is 0.211 e. The van der Waals surface area contributed by atoms with E-state index in [1.165, 1.54) is 17.5 Å². The topological polar surface area (TPSA) is 29.1 Å². The molecule has 0 aromatic heterocycles. The summed E-state index contributed by atoms with van der Waals surface area (Å²) in [6.45, 7) is 0. The van der Waals surface area contributed by atoms with Crippen LogP contribution in [0.2, 0.25) is 0 Å². The van der Waals surface area contributed by atoms with Gasteiger partial charge in [0.2, 0.25) is 6.41 Å². The summed E-state index contributed by atoms with van der Waals surface area (Å²) < 4.78 is 0. The fourth-order valence-electron chi connectivity index (χ4n) is 2.53. The van der Waals surface area contributed by atoms with E-state index in [0.717, 1.165) is 5.69 Å². The van der Waals surface area contributed by atoms with Crippen molar-refractivity contribution in [1.82, 2.24) is 0 Å². The van der Waals surface area contributed by atoms with Crippen LogP contribution >= 0.6 is 0 Å². The van der Waals surface area contributed by atoms with Gasteiger partial charge < -0.3 is 5.32 Å². The van der Waals surface area contributed by atoms with Crippen LogP contribution in [0.3, 0.4) is 0 Å². The van der Waals surface area contributed by atoms with E-state index in [-0.39, 0.29) is 0 Å². The molecule has 2 nitrogen and oxygen atoms in total. The van der Waals surface area contributed by atoms with Crippen molar-refractivity contribution in [3.8, 4) is 0 Å². The van der Waals surface area contributed by atoms with Crippen molar-refractivity contribution < 1.29 is 4.79 Å². The minimum Gasteiger partial charge on any atom is -0.329 e. The maximum Gasteiger partial charge on any atom is 0.211 e. The van der Waals surface area contributed by atoms with E-state index in [1.54, 1.807) is 0 Å². The molecule has 0 heterocycles. The van der Waals surface area contributed by atoms with E-state index in [9.17, 15) is 4.79 Å². The lowest BCUT2D eigenvalue weighted by Gasteiger charge is -2.03. The van der Waals surface area contributed by atoms with Gasteiger partial charge in [-0.25, -0.2) is 0 Å². The molecular formula is C16H15NO. The number of carbonyl (C=O) groups is 1. The molecule has 0 bridgehead atoms. The van der Waals surface area contributed by atoms with Crippen LogP contribution in [0, 0.1) is 0 Å². The standard InChI is InChI=1S/C16H15NO/c18-11-17-14-8-6-13(7-9-14)16-10-15(16)12-4-2-1-3-5-12/h1-9,11,15-16H,10H2,(H,17,18). The molecule has 2 unspecified atom stereocenters. The van der Waals surface area contributed by atoms with Gasteiger partial charge in [0.1, 0.15) is 0 Å². The van der Waals surface area contributed by atoms with Gasteiger partial charge in [-0.1, -0.05) is 42.5 Å². The molecular weight excluding hydrogens is 222 g/mol. The van der Waals surface area contributed by atoms with Crippen LogP contribution < -0.4 is 5.32 Å². The minimum absolute atomic E-state index is 0.637. The molecule has 3 rings (SSSR count). The van der Waals surface area contributed by atoms with E-state index in [0.29, 0.717) is 18.2 Å².